The number of anilines is 1. The van der Waals surface area contributed by atoms with Gasteiger partial charge in [0.25, 0.3) is 5.56 Å². The van der Waals surface area contributed by atoms with Crippen molar-refractivity contribution in [3.8, 4) is 0 Å². The van der Waals surface area contributed by atoms with Crippen LogP contribution in [-0.4, -0.2) is 21.7 Å². The molecule has 0 saturated heterocycles. The van der Waals surface area contributed by atoms with Crippen molar-refractivity contribution in [3.05, 3.63) is 84.6 Å². The van der Waals surface area contributed by atoms with E-state index < -0.39 is 23.1 Å². The van der Waals surface area contributed by atoms with Gasteiger partial charge in [-0.15, -0.1) is 0 Å². The zero-order valence-electron chi connectivity index (χ0n) is 15.8. The van der Waals surface area contributed by atoms with E-state index in [9.17, 15) is 14.4 Å². The van der Waals surface area contributed by atoms with Gasteiger partial charge in [-0.2, -0.15) is 0 Å². The van der Waals surface area contributed by atoms with Gasteiger partial charge in [-0.3, -0.25) is 13.9 Å². The highest BCUT2D eigenvalue weighted by atomic mass is 79.9. The monoisotopic (exact) mass is 445 g/mol. The number of carbonyl (C=O) groups excluding carboxylic acids is 1. The highest BCUT2D eigenvalue weighted by Gasteiger charge is 2.37. The molecule has 0 aliphatic carbocycles. The van der Waals surface area contributed by atoms with Crippen molar-refractivity contribution in [2.75, 3.05) is 11.9 Å². The van der Waals surface area contributed by atoms with E-state index in [4.69, 9.17) is 4.74 Å². The Balaban J connectivity index is 2.33. The van der Waals surface area contributed by atoms with Crippen LogP contribution < -0.4 is 16.6 Å². The third-order valence-electron chi connectivity index (χ3n) is 4.74. The molecule has 0 spiro atoms. The highest BCUT2D eigenvalue weighted by molar-refractivity contribution is 9.10. The fourth-order valence-electron chi connectivity index (χ4n) is 3.36. The molecule has 1 atom stereocenters. The van der Waals surface area contributed by atoms with Crippen molar-refractivity contribution >= 4 is 27.7 Å². The highest BCUT2D eigenvalue weighted by Crippen LogP contribution is 2.40. The Kier molecular flexibility index (Phi) is 5.42. The van der Waals surface area contributed by atoms with Crippen LogP contribution in [0.3, 0.4) is 0 Å². The van der Waals surface area contributed by atoms with Gasteiger partial charge >= 0.3 is 11.7 Å². The predicted molar refractivity (Wildman–Crippen MR) is 110 cm³/mol. The van der Waals surface area contributed by atoms with Gasteiger partial charge in [0.1, 0.15) is 12.4 Å². The number of carbonyl (C=O) groups is 1. The first-order chi connectivity index (χ1) is 13.3. The number of fused-ring (bicyclic) bond motifs is 1. The lowest BCUT2D eigenvalue weighted by Gasteiger charge is -2.30. The summed E-state index contributed by atoms with van der Waals surface area (Å²) in [4.78, 5) is 38.2. The van der Waals surface area contributed by atoms with Crippen molar-refractivity contribution in [2.45, 2.75) is 12.8 Å². The molecule has 0 saturated carbocycles. The van der Waals surface area contributed by atoms with Crippen LogP contribution in [0.5, 0.6) is 0 Å². The second kappa shape index (κ2) is 7.63. The molecule has 0 amide bonds. The maximum Gasteiger partial charge on any atom is 0.337 e. The molecule has 3 rings (SSSR count). The Morgan fingerprint density at radius 1 is 1.25 bits per heavy atom. The van der Waals surface area contributed by atoms with Crippen molar-refractivity contribution < 1.29 is 9.53 Å². The first-order valence-corrected chi connectivity index (χ1v) is 9.38. The zero-order valence-corrected chi connectivity index (χ0v) is 17.4. The van der Waals surface area contributed by atoms with Crippen LogP contribution in [0.2, 0.25) is 0 Å². The Labute approximate surface area is 170 Å². The number of rotatable bonds is 4. The van der Waals surface area contributed by atoms with Gasteiger partial charge < -0.3 is 10.1 Å². The Bertz CT molecular complexity index is 1110. The minimum Gasteiger partial charge on any atom is -0.458 e. The average molecular weight is 446 g/mol. The Morgan fingerprint density at radius 3 is 2.50 bits per heavy atom. The molecular weight excluding hydrogens is 426 g/mol. The van der Waals surface area contributed by atoms with Crippen LogP contribution in [0.25, 0.3) is 0 Å². The van der Waals surface area contributed by atoms with Crippen LogP contribution in [0.15, 0.2) is 62.3 Å². The number of benzene rings is 1. The summed E-state index contributed by atoms with van der Waals surface area (Å²) in [6, 6.07) is 7.35. The maximum atomic E-state index is 13.0. The SMILES string of the molecule is C=CCOC(=O)C1=C(C)Nc2c(c(=O)n(C)c(=O)n2C)C1c1ccc(Br)cc1. The molecule has 1 aromatic carbocycles. The van der Waals surface area contributed by atoms with E-state index in [2.05, 4.69) is 27.8 Å². The molecule has 0 fully saturated rings. The standard InChI is InChI=1S/C20H20BrN3O4/c1-5-10-28-19(26)14-11(2)22-17-16(18(25)24(4)20(27)23(17)3)15(14)12-6-8-13(21)9-7-12/h5-9,15,22H,1,10H2,2-4H3. The molecule has 146 valence electrons. The molecule has 1 aromatic heterocycles. The molecular formula is C20H20BrN3O4. The number of allylic oxidation sites excluding steroid dienone is 1. The van der Waals surface area contributed by atoms with E-state index in [1.165, 1.54) is 17.7 Å². The molecule has 28 heavy (non-hydrogen) atoms. The predicted octanol–water partition coefficient (Wildman–Crippen LogP) is 2.41. The van der Waals surface area contributed by atoms with Crippen molar-refractivity contribution in [1.29, 1.82) is 0 Å². The van der Waals surface area contributed by atoms with E-state index in [1.54, 1.807) is 14.0 Å². The second-order valence-corrected chi connectivity index (χ2v) is 7.42. The average Bonchev–Trinajstić information content (AvgIpc) is 2.68. The quantitative estimate of drug-likeness (QED) is 0.576. The number of aromatic nitrogens is 2. The number of ether oxygens (including phenoxy) is 1. The topological polar surface area (TPSA) is 82.3 Å². The van der Waals surface area contributed by atoms with Crippen molar-refractivity contribution in [3.63, 3.8) is 0 Å². The van der Waals surface area contributed by atoms with Gasteiger partial charge in [-0.1, -0.05) is 40.7 Å². The smallest absolute Gasteiger partial charge is 0.337 e. The van der Waals surface area contributed by atoms with Gasteiger partial charge in [-0.25, -0.2) is 9.59 Å². The van der Waals surface area contributed by atoms with E-state index in [0.29, 0.717) is 22.7 Å². The van der Waals surface area contributed by atoms with Gasteiger partial charge in [-0.05, 0) is 24.6 Å². The molecule has 1 unspecified atom stereocenters. The fraction of sp³-hybridized carbons (Fsp3) is 0.250. The van der Waals surface area contributed by atoms with Crippen LogP contribution in [0, 0.1) is 0 Å². The van der Waals surface area contributed by atoms with Gasteiger partial charge in [0.15, 0.2) is 0 Å². The van der Waals surface area contributed by atoms with Crippen LogP contribution in [0.4, 0.5) is 5.82 Å². The lowest BCUT2D eigenvalue weighted by Crippen LogP contribution is -2.43. The summed E-state index contributed by atoms with van der Waals surface area (Å²) in [7, 11) is 3.00. The fourth-order valence-corrected chi connectivity index (χ4v) is 3.62. The minimum atomic E-state index is -0.674. The number of hydrogen-bond donors (Lipinski definition) is 1. The van der Waals surface area contributed by atoms with Crippen LogP contribution >= 0.6 is 15.9 Å². The maximum absolute atomic E-state index is 13.0. The summed E-state index contributed by atoms with van der Waals surface area (Å²) < 4.78 is 8.56. The Hall–Kier alpha value is -2.87. The first-order valence-electron chi connectivity index (χ1n) is 8.59. The van der Waals surface area contributed by atoms with E-state index >= 15 is 0 Å². The summed E-state index contributed by atoms with van der Waals surface area (Å²) in [5.74, 6) is -0.842. The molecule has 8 heteroatoms. The number of esters is 1. The van der Waals surface area contributed by atoms with Gasteiger partial charge in [0, 0.05) is 24.3 Å². The normalized spacial score (nSPS) is 15.6. The molecule has 2 heterocycles. The summed E-state index contributed by atoms with van der Waals surface area (Å²) in [6.07, 6.45) is 1.48. The summed E-state index contributed by atoms with van der Waals surface area (Å²) in [6.45, 7) is 5.34. The molecule has 1 aliphatic rings. The lowest BCUT2D eigenvalue weighted by atomic mass is 9.82. The van der Waals surface area contributed by atoms with Crippen molar-refractivity contribution in [2.24, 2.45) is 14.1 Å². The largest absolute Gasteiger partial charge is 0.458 e. The Morgan fingerprint density at radius 2 is 1.89 bits per heavy atom. The third kappa shape index (κ3) is 3.24. The lowest BCUT2D eigenvalue weighted by molar-refractivity contribution is -0.138. The van der Waals surface area contributed by atoms with E-state index in [0.717, 1.165) is 14.6 Å². The number of nitrogens with one attached hydrogen (secondary N) is 1. The van der Waals surface area contributed by atoms with Crippen LogP contribution in [0.1, 0.15) is 24.0 Å². The van der Waals surface area contributed by atoms with Crippen LogP contribution in [-0.2, 0) is 23.6 Å². The first kappa shape index (κ1) is 19.9. The molecule has 0 bridgehead atoms. The number of halogens is 1. The summed E-state index contributed by atoms with van der Waals surface area (Å²) >= 11 is 3.40. The molecule has 7 nitrogen and oxygen atoms in total. The summed E-state index contributed by atoms with van der Waals surface area (Å²) in [5.41, 5.74) is 1.01. The second-order valence-electron chi connectivity index (χ2n) is 6.50. The van der Waals surface area contributed by atoms with Gasteiger partial charge in [0.2, 0.25) is 0 Å². The number of nitrogens with zero attached hydrogens (tertiary/aromatic N) is 2. The molecule has 1 aliphatic heterocycles. The van der Waals surface area contributed by atoms with E-state index in [1.807, 2.05) is 24.3 Å². The third-order valence-corrected chi connectivity index (χ3v) is 5.27. The van der Waals surface area contributed by atoms with Gasteiger partial charge in [0.05, 0.1) is 17.1 Å². The summed E-state index contributed by atoms with van der Waals surface area (Å²) in [5, 5.41) is 3.05. The molecule has 0 radical (unpaired) electrons. The molecule has 1 N–H and O–H groups in total. The van der Waals surface area contributed by atoms with E-state index in [-0.39, 0.29) is 6.61 Å². The number of hydrogen-bond acceptors (Lipinski definition) is 5. The zero-order chi connectivity index (χ0) is 20.6. The van der Waals surface area contributed by atoms with Crippen molar-refractivity contribution in [1.82, 2.24) is 9.13 Å². The minimum absolute atomic E-state index is 0.0564. The molecule has 2 aromatic rings.